The van der Waals surface area contributed by atoms with E-state index in [1.807, 2.05) is 11.8 Å². The maximum atomic E-state index is 12.4. The lowest BCUT2D eigenvalue weighted by Crippen LogP contribution is -2.42. The Morgan fingerprint density at radius 3 is 2.56 bits per heavy atom. The van der Waals surface area contributed by atoms with Crippen LogP contribution < -0.4 is 0 Å². The molecule has 0 aliphatic carbocycles. The zero-order valence-electron chi connectivity index (χ0n) is 11.2. The highest BCUT2D eigenvalue weighted by atomic mass is 35.5. The molecular weight excluding hydrogens is 250 g/mol. The maximum Gasteiger partial charge on any atom is 0.275 e. The van der Waals surface area contributed by atoms with Crippen LogP contribution in [0.5, 0.6) is 0 Å². The molecular formula is C13H20ClN3O. The van der Waals surface area contributed by atoms with E-state index in [4.69, 9.17) is 11.6 Å². The van der Waals surface area contributed by atoms with Gasteiger partial charge in [0.15, 0.2) is 5.69 Å². The molecule has 4 nitrogen and oxygen atoms in total. The van der Waals surface area contributed by atoms with Crippen molar-refractivity contribution in [2.24, 2.45) is 11.8 Å². The first-order chi connectivity index (χ1) is 8.51. The molecule has 0 aromatic carbocycles. The van der Waals surface area contributed by atoms with E-state index in [9.17, 15) is 4.79 Å². The Morgan fingerprint density at radius 1 is 1.44 bits per heavy atom. The Morgan fingerprint density at radius 2 is 2.06 bits per heavy atom. The maximum absolute atomic E-state index is 12.4. The van der Waals surface area contributed by atoms with E-state index < -0.39 is 0 Å². The molecule has 2 unspecified atom stereocenters. The second kappa shape index (κ2) is 5.31. The van der Waals surface area contributed by atoms with Gasteiger partial charge in [0.1, 0.15) is 0 Å². The summed E-state index contributed by atoms with van der Waals surface area (Å²) in [5.41, 5.74) is 0.389. The molecule has 2 atom stereocenters. The highest BCUT2D eigenvalue weighted by molar-refractivity contribution is 6.33. The molecule has 0 bridgehead atoms. The Bertz CT molecular complexity index is 433. The number of nitrogens with zero attached hydrogens (tertiary/aromatic N) is 3. The lowest BCUT2D eigenvalue weighted by atomic mass is 9.92. The number of halogens is 1. The van der Waals surface area contributed by atoms with Crippen molar-refractivity contribution in [1.82, 2.24) is 14.7 Å². The van der Waals surface area contributed by atoms with E-state index >= 15 is 0 Å². The summed E-state index contributed by atoms with van der Waals surface area (Å²) in [5, 5.41) is 4.70. The number of amides is 1. The largest absolute Gasteiger partial charge is 0.337 e. The summed E-state index contributed by atoms with van der Waals surface area (Å²) in [5.74, 6) is 1.06. The zero-order valence-corrected chi connectivity index (χ0v) is 11.9. The van der Waals surface area contributed by atoms with Gasteiger partial charge in [-0.15, -0.1) is 0 Å². The Balaban J connectivity index is 2.17. The smallest absolute Gasteiger partial charge is 0.275 e. The molecule has 1 aliphatic rings. The summed E-state index contributed by atoms with van der Waals surface area (Å²) in [4.78, 5) is 14.3. The van der Waals surface area contributed by atoms with Crippen molar-refractivity contribution in [3.8, 4) is 0 Å². The minimum Gasteiger partial charge on any atom is -0.337 e. The number of likely N-dealkylation sites (tertiary alicyclic amines) is 1. The fraction of sp³-hybridized carbons (Fsp3) is 0.692. The highest BCUT2D eigenvalue weighted by Gasteiger charge is 2.28. The van der Waals surface area contributed by atoms with Crippen molar-refractivity contribution >= 4 is 17.5 Å². The molecule has 2 rings (SSSR count). The topological polar surface area (TPSA) is 38.1 Å². The zero-order chi connectivity index (χ0) is 13.3. The summed E-state index contributed by atoms with van der Waals surface area (Å²) in [6.07, 6.45) is 2.90. The van der Waals surface area contributed by atoms with Crippen molar-refractivity contribution in [2.75, 3.05) is 13.1 Å². The standard InChI is InChI=1S/C13H20ClN3O/c1-4-17-8-11(14)12(15-17)13(18)16-6-9(2)5-10(3)7-16/h8-10H,4-7H2,1-3H3. The molecule has 0 N–H and O–H groups in total. The molecule has 18 heavy (non-hydrogen) atoms. The molecule has 1 fully saturated rings. The average Bonchev–Trinajstić information content (AvgIpc) is 2.68. The van der Waals surface area contributed by atoms with E-state index in [0.29, 0.717) is 22.6 Å². The molecule has 0 saturated carbocycles. The summed E-state index contributed by atoms with van der Waals surface area (Å²) < 4.78 is 1.70. The van der Waals surface area contributed by atoms with Crippen LogP contribution >= 0.6 is 11.6 Å². The molecule has 1 aliphatic heterocycles. The van der Waals surface area contributed by atoms with Gasteiger partial charge in [-0.25, -0.2) is 0 Å². The predicted octanol–water partition coefficient (Wildman–Crippen LogP) is 2.67. The second-order valence-electron chi connectivity index (χ2n) is 5.34. The Hall–Kier alpha value is -1.03. The monoisotopic (exact) mass is 269 g/mol. The van der Waals surface area contributed by atoms with Gasteiger partial charge in [0, 0.05) is 25.8 Å². The quantitative estimate of drug-likeness (QED) is 0.828. The van der Waals surface area contributed by atoms with Gasteiger partial charge in [-0.05, 0) is 25.2 Å². The first-order valence-corrected chi connectivity index (χ1v) is 6.91. The molecule has 1 saturated heterocycles. The molecule has 5 heteroatoms. The van der Waals surface area contributed by atoms with Crippen LogP contribution in [0, 0.1) is 11.8 Å². The highest BCUT2D eigenvalue weighted by Crippen LogP contribution is 2.24. The van der Waals surface area contributed by atoms with Gasteiger partial charge in [0.2, 0.25) is 0 Å². The van der Waals surface area contributed by atoms with Crippen molar-refractivity contribution in [3.05, 3.63) is 16.9 Å². The molecule has 1 amide bonds. The number of aryl methyl sites for hydroxylation is 1. The Labute approximate surface area is 113 Å². The minimum absolute atomic E-state index is 0.0365. The predicted molar refractivity (Wildman–Crippen MR) is 71.8 cm³/mol. The van der Waals surface area contributed by atoms with E-state index in [1.54, 1.807) is 10.9 Å². The van der Waals surface area contributed by atoms with Gasteiger partial charge in [-0.2, -0.15) is 5.10 Å². The van der Waals surface area contributed by atoms with Crippen LogP contribution in [-0.4, -0.2) is 33.7 Å². The molecule has 0 radical (unpaired) electrons. The number of hydrogen-bond donors (Lipinski definition) is 0. The van der Waals surface area contributed by atoms with Crippen molar-refractivity contribution < 1.29 is 4.79 Å². The van der Waals surface area contributed by atoms with Gasteiger partial charge < -0.3 is 4.90 Å². The van der Waals surface area contributed by atoms with Gasteiger partial charge >= 0.3 is 0 Å². The van der Waals surface area contributed by atoms with E-state index in [1.165, 1.54) is 6.42 Å². The number of rotatable bonds is 2. The lowest BCUT2D eigenvalue weighted by molar-refractivity contribution is 0.0616. The van der Waals surface area contributed by atoms with Crippen molar-refractivity contribution in [1.29, 1.82) is 0 Å². The normalized spacial score (nSPS) is 24.3. The van der Waals surface area contributed by atoms with Gasteiger partial charge in [0.05, 0.1) is 5.02 Å². The van der Waals surface area contributed by atoms with E-state index in [-0.39, 0.29) is 5.91 Å². The summed E-state index contributed by atoms with van der Waals surface area (Å²) >= 11 is 6.08. The van der Waals surface area contributed by atoms with Crippen LogP contribution in [-0.2, 0) is 6.54 Å². The van der Waals surface area contributed by atoms with E-state index in [0.717, 1.165) is 19.6 Å². The molecule has 1 aromatic heterocycles. The first kappa shape index (κ1) is 13.4. The number of aromatic nitrogens is 2. The molecule has 1 aromatic rings. The molecule has 0 spiro atoms. The number of carbonyl (C=O) groups is 1. The fourth-order valence-corrected chi connectivity index (χ4v) is 2.91. The third kappa shape index (κ3) is 2.69. The van der Waals surface area contributed by atoms with Crippen LogP contribution in [0.2, 0.25) is 5.02 Å². The van der Waals surface area contributed by atoms with Gasteiger partial charge in [-0.3, -0.25) is 9.48 Å². The van der Waals surface area contributed by atoms with Crippen LogP contribution in [0.25, 0.3) is 0 Å². The fourth-order valence-electron chi connectivity index (χ4n) is 2.68. The third-order valence-electron chi connectivity index (χ3n) is 3.40. The van der Waals surface area contributed by atoms with E-state index in [2.05, 4.69) is 18.9 Å². The number of hydrogen-bond acceptors (Lipinski definition) is 2. The van der Waals surface area contributed by atoms with Crippen LogP contribution in [0.4, 0.5) is 0 Å². The van der Waals surface area contributed by atoms with Crippen molar-refractivity contribution in [2.45, 2.75) is 33.7 Å². The van der Waals surface area contributed by atoms with Crippen LogP contribution in [0.15, 0.2) is 6.20 Å². The lowest BCUT2D eigenvalue weighted by Gasteiger charge is -2.34. The van der Waals surface area contributed by atoms with Crippen LogP contribution in [0.1, 0.15) is 37.7 Å². The van der Waals surface area contributed by atoms with Gasteiger partial charge in [-0.1, -0.05) is 25.4 Å². The SMILES string of the molecule is CCn1cc(Cl)c(C(=O)N2CC(C)CC(C)C2)n1. The Kier molecular flexibility index (Phi) is 3.95. The second-order valence-corrected chi connectivity index (χ2v) is 5.74. The third-order valence-corrected chi connectivity index (χ3v) is 3.68. The minimum atomic E-state index is -0.0365. The summed E-state index contributed by atoms with van der Waals surface area (Å²) in [6.45, 7) is 8.67. The van der Waals surface area contributed by atoms with Crippen molar-refractivity contribution in [3.63, 3.8) is 0 Å². The molecule has 2 heterocycles. The molecule has 100 valence electrons. The number of piperidine rings is 1. The van der Waals surface area contributed by atoms with Crippen LogP contribution in [0.3, 0.4) is 0 Å². The summed E-state index contributed by atoms with van der Waals surface area (Å²) in [7, 11) is 0. The summed E-state index contributed by atoms with van der Waals surface area (Å²) in [6, 6.07) is 0. The first-order valence-electron chi connectivity index (χ1n) is 6.53. The number of carbonyl (C=O) groups excluding carboxylic acids is 1. The average molecular weight is 270 g/mol. The van der Waals surface area contributed by atoms with Gasteiger partial charge in [0.25, 0.3) is 5.91 Å².